The highest BCUT2D eigenvalue weighted by molar-refractivity contribution is 6.33. The van der Waals surface area contributed by atoms with Crippen molar-refractivity contribution in [2.24, 2.45) is 5.92 Å². The molecule has 1 aliphatic heterocycles. The number of rotatable bonds is 4. The van der Waals surface area contributed by atoms with E-state index in [-0.39, 0.29) is 6.04 Å². The topological polar surface area (TPSA) is 21.3 Å². The molecule has 0 amide bonds. The van der Waals surface area contributed by atoms with Crippen LogP contribution < -0.4 is 10.1 Å². The molecule has 1 aliphatic carbocycles. The molecule has 5 rings (SSSR count). The zero-order valence-electron chi connectivity index (χ0n) is 16.4. The van der Waals surface area contributed by atoms with Gasteiger partial charge in [-0.25, -0.2) is 0 Å². The van der Waals surface area contributed by atoms with Gasteiger partial charge in [-0.1, -0.05) is 77.8 Å². The van der Waals surface area contributed by atoms with E-state index in [9.17, 15) is 0 Å². The maximum atomic E-state index is 6.51. The van der Waals surface area contributed by atoms with Crippen molar-refractivity contribution in [1.29, 1.82) is 0 Å². The molecule has 29 heavy (non-hydrogen) atoms. The van der Waals surface area contributed by atoms with Crippen LogP contribution in [0.3, 0.4) is 0 Å². The van der Waals surface area contributed by atoms with Gasteiger partial charge < -0.3 is 10.1 Å². The third-order valence-corrected chi connectivity index (χ3v) is 6.43. The molecule has 0 aromatic heterocycles. The molecule has 0 saturated heterocycles. The summed E-state index contributed by atoms with van der Waals surface area (Å²) in [6, 6.07) is 23.4. The van der Waals surface area contributed by atoms with Crippen molar-refractivity contribution in [2.45, 2.75) is 31.9 Å². The van der Waals surface area contributed by atoms with Gasteiger partial charge >= 0.3 is 0 Å². The first kappa shape index (κ1) is 18.3. The third kappa shape index (κ3) is 3.54. The van der Waals surface area contributed by atoms with Gasteiger partial charge in [-0.2, -0.15) is 0 Å². The summed E-state index contributed by atoms with van der Waals surface area (Å²) in [4.78, 5) is 0. The lowest BCUT2D eigenvalue weighted by molar-refractivity contribution is 0.306. The van der Waals surface area contributed by atoms with Crippen molar-refractivity contribution >= 4 is 17.3 Å². The SMILES string of the molecule is Cc1ccc(COc2ccc([C@@H]3Nc4c(Cl)cccc4[C@H]4C=CC[C@@H]43)cc2)cc1. The highest BCUT2D eigenvalue weighted by Crippen LogP contribution is 2.51. The van der Waals surface area contributed by atoms with Crippen LogP contribution in [-0.4, -0.2) is 0 Å². The number of para-hydroxylation sites is 1. The highest BCUT2D eigenvalue weighted by Gasteiger charge is 2.38. The second kappa shape index (κ2) is 7.61. The van der Waals surface area contributed by atoms with Crippen molar-refractivity contribution < 1.29 is 4.74 Å². The Balaban J connectivity index is 1.34. The normalized spacial score (nSPS) is 21.9. The lowest BCUT2D eigenvalue weighted by atomic mass is 9.77. The fraction of sp³-hybridized carbons (Fsp3) is 0.231. The molecule has 0 bridgehead atoms. The molecule has 1 N–H and O–H groups in total. The highest BCUT2D eigenvalue weighted by atomic mass is 35.5. The second-order valence-corrected chi connectivity index (χ2v) is 8.43. The molecule has 2 nitrogen and oxygen atoms in total. The number of halogens is 1. The van der Waals surface area contributed by atoms with Gasteiger partial charge in [0.1, 0.15) is 12.4 Å². The lowest BCUT2D eigenvalue weighted by Gasteiger charge is -2.38. The van der Waals surface area contributed by atoms with Gasteiger partial charge in [-0.15, -0.1) is 0 Å². The van der Waals surface area contributed by atoms with Crippen LogP contribution in [0.1, 0.15) is 40.6 Å². The van der Waals surface area contributed by atoms with Gasteiger partial charge in [0.15, 0.2) is 0 Å². The van der Waals surface area contributed by atoms with E-state index in [1.807, 2.05) is 12.1 Å². The molecule has 2 aliphatic rings. The first-order valence-corrected chi connectivity index (χ1v) is 10.6. The fourth-order valence-corrected chi connectivity index (χ4v) is 4.77. The standard InChI is InChI=1S/C26H24ClNO/c1-17-8-10-18(11-9-17)16-29-20-14-12-19(13-15-20)25-22-5-2-4-21(22)23-6-3-7-24(27)26(23)28-25/h2-4,6-15,21-22,25,28H,5,16H2,1H3/t21-,22-,25-/m0/s1. The first-order chi connectivity index (χ1) is 14.2. The molecular weight excluding hydrogens is 378 g/mol. The van der Waals surface area contributed by atoms with Crippen molar-refractivity contribution in [3.8, 4) is 5.75 Å². The average molecular weight is 402 g/mol. The predicted octanol–water partition coefficient (Wildman–Crippen LogP) is 7.05. The zero-order chi connectivity index (χ0) is 19.8. The number of hydrogen-bond acceptors (Lipinski definition) is 2. The Morgan fingerprint density at radius 1 is 1.00 bits per heavy atom. The maximum Gasteiger partial charge on any atom is 0.119 e. The molecule has 3 aromatic carbocycles. The summed E-state index contributed by atoms with van der Waals surface area (Å²) in [5, 5.41) is 4.52. The van der Waals surface area contributed by atoms with Crippen molar-refractivity contribution in [2.75, 3.05) is 5.32 Å². The summed E-state index contributed by atoms with van der Waals surface area (Å²) in [6.07, 6.45) is 5.73. The summed E-state index contributed by atoms with van der Waals surface area (Å²) in [7, 11) is 0. The van der Waals surface area contributed by atoms with Crippen LogP contribution in [-0.2, 0) is 6.61 Å². The molecule has 3 aromatic rings. The molecule has 0 fully saturated rings. The minimum atomic E-state index is 0.244. The molecule has 146 valence electrons. The van der Waals surface area contributed by atoms with E-state index in [0.717, 1.165) is 22.9 Å². The number of anilines is 1. The fourth-order valence-electron chi connectivity index (χ4n) is 4.54. The van der Waals surface area contributed by atoms with Gasteiger partial charge in [-0.3, -0.25) is 0 Å². The van der Waals surface area contributed by atoms with Crippen molar-refractivity contribution in [3.05, 3.63) is 106 Å². The number of aryl methyl sites for hydroxylation is 1. The Kier molecular flexibility index (Phi) is 4.81. The molecule has 3 heteroatoms. The van der Waals surface area contributed by atoms with Crippen LogP contribution in [0.2, 0.25) is 5.02 Å². The number of nitrogens with one attached hydrogen (secondary N) is 1. The molecular formula is C26H24ClNO. The Hall–Kier alpha value is -2.71. The third-order valence-electron chi connectivity index (χ3n) is 6.11. The molecule has 3 atom stereocenters. The van der Waals surface area contributed by atoms with Gasteiger partial charge in [0.05, 0.1) is 16.8 Å². The Morgan fingerprint density at radius 2 is 1.79 bits per heavy atom. The van der Waals surface area contributed by atoms with E-state index < -0.39 is 0 Å². The van der Waals surface area contributed by atoms with Gasteiger partial charge in [-0.05, 0) is 54.2 Å². The summed E-state index contributed by atoms with van der Waals surface area (Å²) in [5.41, 5.74) is 6.10. The van der Waals surface area contributed by atoms with Gasteiger partial charge in [0, 0.05) is 5.92 Å². The summed E-state index contributed by atoms with van der Waals surface area (Å²) in [6.45, 7) is 2.68. The molecule has 0 radical (unpaired) electrons. The number of hydrogen-bond donors (Lipinski definition) is 1. The maximum absolute atomic E-state index is 6.51. The predicted molar refractivity (Wildman–Crippen MR) is 120 cm³/mol. The van der Waals surface area contributed by atoms with E-state index in [2.05, 4.69) is 79.0 Å². The van der Waals surface area contributed by atoms with Crippen LogP contribution in [0.4, 0.5) is 5.69 Å². The Labute approximate surface area is 177 Å². The number of allylic oxidation sites excluding steroid dienone is 2. The van der Waals surface area contributed by atoms with Gasteiger partial charge in [0.2, 0.25) is 0 Å². The van der Waals surface area contributed by atoms with E-state index in [0.29, 0.717) is 18.4 Å². The van der Waals surface area contributed by atoms with E-state index >= 15 is 0 Å². The average Bonchev–Trinajstić information content (AvgIpc) is 3.24. The van der Waals surface area contributed by atoms with Crippen LogP contribution in [0.25, 0.3) is 0 Å². The number of benzene rings is 3. The Bertz CT molecular complexity index is 1040. The first-order valence-electron chi connectivity index (χ1n) is 10.2. The van der Waals surface area contributed by atoms with Crippen LogP contribution in [0.5, 0.6) is 5.75 Å². The summed E-state index contributed by atoms with van der Waals surface area (Å²) < 4.78 is 5.98. The van der Waals surface area contributed by atoms with Crippen LogP contribution >= 0.6 is 11.6 Å². The quantitative estimate of drug-likeness (QED) is 0.472. The van der Waals surface area contributed by atoms with Crippen LogP contribution in [0, 0.1) is 12.8 Å². The number of fused-ring (bicyclic) bond motifs is 3. The van der Waals surface area contributed by atoms with Crippen LogP contribution in [0.15, 0.2) is 78.9 Å². The van der Waals surface area contributed by atoms with Crippen molar-refractivity contribution in [3.63, 3.8) is 0 Å². The summed E-state index contributed by atoms with van der Waals surface area (Å²) in [5.74, 6) is 1.83. The molecule has 1 heterocycles. The van der Waals surface area contributed by atoms with E-state index in [1.165, 1.54) is 22.3 Å². The molecule has 0 unspecified atom stereocenters. The Morgan fingerprint density at radius 3 is 2.59 bits per heavy atom. The summed E-state index contributed by atoms with van der Waals surface area (Å²) >= 11 is 6.51. The zero-order valence-corrected chi connectivity index (χ0v) is 17.2. The largest absolute Gasteiger partial charge is 0.489 e. The monoisotopic (exact) mass is 401 g/mol. The molecule has 0 saturated carbocycles. The second-order valence-electron chi connectivity index (χ2n) is 8.02. The minimum absolute atomic E-state index is 0.244. The smallest absolute Gasteiger partial charge is 0.119 e. The minimum Gasteiger partial charge on any atom is -0.489 e. The van der Waals surface area contributed by atoms with E-state index in [1.54, 1.807) is 0 Å². The van der Waals surface area contributed by atoms with Gasteiger partial charge in [0.25, 0.3) is 0 Å². The number of ether oxygens (including phenoxy) is 1. The van der Waals surface area contributed by atoms with Crippen molar-refractivity contribution in [1.82, 2.24) is 0 Å². The lowest BCUT2D eigenvalue weighted by Crippen LogP contribution is -2.29. The molecule has 0 spiro atoms. The van der Waals surface area contributed by atoms with E-state index in [4.69, 9.17) is 16.3 Å².